The fourth-order valence-electron chi connectivity index (χ4n) is 5.00. The molecule has 184 valence electrons. The minimum atomic E-state index is -0.804. The lowest BCUT2D eigenvalue weighted by molar-refractivity contribution is -0.156. The van der Waals surface area contributed by atoms with Crippen molar-refractivity contribution in [2.75, 3.05) is 0 Å². The first-order valence-electron chi connectivity index (χ1n) is 13.4. The van der Waals surface area contributed by atoms with Crippen molar-refractivity contribution in [3.63, 3.8) is 0 Å². The zero-order valence-electron chi connectivity index (χ0n) is 20.9. The molecule has 1 atom stereocenters. The van der Waals surface area contributed by atoms with E-state index in [9.17, 15) is 19.8 Å². The van der Waals surface area contributed by atoms with E-state index in [1.54, 1.807) is 0 Å². The second-order valence-corrected chi connectivity index (χ2v) is 9.62. The van der Waals surface area contributed by atoms with Gasteiger partial charge in [0, 0.05) is 6.42 Å². The Labute approximate surface area is 192 Å². The summed E-state index contributed by atoms with van der Waals surface area (Å²) in [6, 6.07) is 0. The minimum absolute atomic E-state index is 0.0277. The molecule has 4 nitrogen and oxygen atoms in total. The lowest BCUT2D eigenvalue weighted by Crippen LogP contribution is -2.39. The molecule has 4 heteroatoms. The molecule has 0 amide bonds. The van der Waals surface area contributed by atoms with Gasteiger partial charge in [0.05, 0.1) is 5.41 Å². The summed E-state index contributed by atoms with van der Waals surface area (Å²) in [5.41, 5.74) is -0.751. The monoisotopic (exact) mass is 440 g/mol. The molecule has 0 fully saturated rings. The van der Waals surface area contributed by atoms with Gasteiger partial charge in [-0.3, -0.25) is 9.59 Å². The van der Waals surface area contributed by atoms with Crippen LogP contribution in [0.15, 0.2) is 0 Å². The Bertz CT molecular complexity index is 433. The van der Waals surface area contributed by atoms with E-state index in [4.69, 9.17) is 0 Å². The number of carboxylic acids is 2. The zero-order valence-corrected chi connectivity index (χ0v) is 20.9. The Morgan fingerprint density at radius 2 is 1.03 bits per heavy atom. The fraction of sp³-hybridized carbons (Fsp3) is 0.926. The van der Waals surface area contributed by atoms with Crippen LogP contribution in [0.25, 0.3) is 0 Å². The van der Waals surface area contributed by atoms with Crippen LogP contribution < -0.4 is 0 Å². The maximum atomic E-state index is 12.7. The molecular formula is C27H52O4. The molecule has 0 spiro atoms. The lowest BCUT2D eigenvalue weighted by atomic mass is 9.65. The largest absolute Gasteiger partial charge is 0.481 e. The van der Waals surface area contributed by atoms with Gasteiger partial charge in [-0.25, -0.2) is 0 Å². The molecule has 0 rings (SSSR count). The smallest absolute Gasteiger partial charge is 0.309 e. The first-order valence-corrected chi connectivity index (χ1v) is 13.4. The van der Waals surface area contributed by atoms with Crippen molar-refractivity contribution in [2.24, 2.45) is 11.3 Å². The maximum absolute atomic E-state index is 12.7. The highest BCUT2D eigenvalue weighted by Crippen LogP contribution is 2.44. The summed E-state index contributed by atoms with van der Waals surface area (Å²) >= 11 is 0. The molecule has 2 N–H and O–H groups in total. The highest BCUT2D eigenvalue weighted by molar-refractivity contribution is 5.75. The number of aliphatic carboxylic acids is 2. The average molecular weight is 441 g/mol. The Hall–Kier alpha value is -1.06. The number of hydrogen-bond donors (Lipinski definition) is 2. The van der Waals surface area contributed by atoms with Gasteiger partial charge in [0.2, 0.25) is 0 Å². The second kappa shape index (κ2) is 19.6. The SMILES string of the molecule is CCCCCCCC(CCC(=O)O)C(CCCCCCC)(CCCCCCC)C(=O)O. The number of hydrogen-bond acceptors (Lipinski definition) is 2. The van der Waals surface area contributed by atoms with Crippen LogP contribution in [0.4, 0.5) is 0 Å². The van der Waals surface area contributed by atoms with E-state index in [0.29, 0.717) is 19.3 Å². The van der Waals surface area contributed by atoms with E-state index in [2.05, 4.69) is 20.8 Å². The summed E-state index contributed by atoms with van der Waals surface area (Å²) in [5, 5.41) is 19.8. The Balaban J connectivity index is 5.34. The number of carboxylic acid groups (broad SMARTS) is 2. The van der Waals surface area contributed by atoms with Crippen molar-refractivity contribution in [2.45, 2.75) is 149 Å². The second-order valence-electron chi connectivity index (χ2n) is 9.62. The quantitative estimate of drug-likeness (QED) is 0.156. The van der Waals surface area contributed by atoms with Crippen molar-refractivity contribution in [1.29, 1.82) is 0 Å². The van der Waals surface area contributed by atoms with Crippen LogP contribution in [-0.4, -0.2) is 22.2 Å². The van der Waals surface area contributed by atoms with Crippen LogP contribution in [0, 0.1) is 11.3 Å². The maximum Gasteiger partial charge on any atom is 0.309 e. The van der Waals surface area contributed by atoms with E-state index in [0.717, 1.165) is 44.9 Å². The molecule has 0 aromatic heterocycles. The molecule has 1 unspecified atom stereocenters. The highest BCUT2D eigenvalue weighted by Gasteiger charge is 2.44. The molecule has 0 heterocycles. The molecule has 0 bridgehead atoms. The summed E-state index contributed by atoms with van der Waals surface area (Å²) < 4.78 is 0. The van der Waals surface area contributed by atoms with Crippen molar-refractivity contribution >= 4 is 11.9 Å². The summed E-state index contributed by atoms with van der Waals surface area (Å²) in [6.45, 7) is 6.58. The average Bonchev–Trinajstić information content (AvgIpc) is 2.73. The van der Waals surface area contributed by atoms with Crippen LogP contribution in [0.5, 0.6) is 0 Å². The standard InChI is InChI=1S/C27H52O4/c1-4-7-10-13-16-19-24(20-21-25(28)29)27(26(30)31,22-17-14-11-8-5-2)23-18-15-12-9-6-3/h24H,4-23H2,1-3H3,(H,28,29)(H,30,31). The molecule has 0 saturated heterocycles. The molecule has 0 saturated carbocycles. The molecule has 0 aromatic rings. The van der Waals surface area contributed by atoms with Gasteiger partial charge in [0.25, 0.3) is 0 Å². The van der Waals surface area contributed by atoms with Gasteiger partial charge in [0.1, 0.15) is 0 Å². The highest BCUT2D eigenvalue weighted by atomic mass is 16.4. The van der Waals surface area contributed by atoms with Gasteiger partial charge in [-0.15, -0.1) is 0 Å². The molecule has 0 radical (unpaired) electrons. The number of unbranched alkanes of at least 4 members (excludes halogenated alkanes) is 12. The van der Waals surface area contributed by atoms with Crippen molar-refractivity contribution in [1.82, 2.24) is 0 Å². The summed E-state index contributed by atoms with van der Waals surface area (Å²) in [4.78, 5) is 24.1. The Kier molecular flexibility index (Phi) is 18.9. The van der Waals surface area contributed by atoms with Crippen LogP contribution in [0.1, 0.15) is 149 Å². The summed E-state index contributed by atoms with van der Waals surface area (Å²) in [6.07, 6.45) is 19.8. The van der Waals surface area contributed by atoms with Gasteiger partial charge < -0.3 is 10.2 Å². The molecular weight excluding hydrogens is 388 g/mol. The van der Waals surface area contributed by atoms with E-state index >= 15 is 0 Å². The van der Waals surface area contributed by atoms with Crippen molar-refractivity contribution in [3.8, 4) is 0 Å². The zero-order chi connectivity index (χ0) is 23.4. The topological polar surface area (TPSA) is 74.6 Å². The van der Waals surface area contributed by atoms with E-state index in [1.165, 1.54) is 57.8 Å². The predicted molar refractivity (Wildman–Crippen MR) is 131 cm³/mol. The fourth-order valence-corrected chi connectivity index (χ4v) is 5.00. The van der Waals surface area contributed by atoms with E-state index in [1.807, 2.05) is 0 Å². The third kappa shape index (κ3) is 13.9. The Morgan fingerprint density at radius 3 is 1.42 bits per heavy atom. The molecule has 0 aliphatic rings. The van der Waals surface area contributed by atoms with Gasteiger partial charge in [0.15, 0.2) is 0 Å². The van der Waals surface area contributed by atoms with Gasteiger partial charge in [-0.2, -0.15) is 0 Å². The molecule has 31 heavy (non-hydrogen) atoms. The third-order valence-corrected chi connectivity index (χ3v) is 7.02. The number of carbonyl (C=O) groups is 2. The number of rotatable bonds is 23. The first-order chi connectivity index (χ1) is 14.9. The normalized spacial score (nSPS) is 12.7. The van der Waals surface area contributed by atoms with E-state index < -0.39 is 17.4 Å². The lowest BCUT2D eigenvalue weighted by Gasteiger charge is -2.38. The van der Waals surface area contributed by atoms with Crippen molar-refractivity contribution in [3.05, 3.63) is 0 Å². The van der Waals surface area contributed by atoms with E-state index in [-0.39, 0.29) is 12.3 Å². The molecule has 0 aliphatic carbocycles. The first kappa shape index (κ1) is 29.9. The van der Waals surface area contributed by atoms with Gasteiger partial charge >= 0.3 is 11.9 Å². The van der Waals surface area contributed by atoms with Crippen LogP contribution in [-0.2, 0) is 9.59 Å². The summed E-state index contributed by atoms with van der Waals surface area (Å²) in [7, 11) is 0. The predicted octanol–water partition coefficient (Wildman–Crippen LogP) is 8.62. The summed E-state index contributed by atoms with van der Waals surface area (Å²) in [5.74, 6) is -1.51. The Morgan fingerprint density at radius 1 is 0.613 bits per heavy atom. The molecule has 0 aliphatic heterocycles. The van der Waals surface area contributed by atoms with Crippen LogP contribution in [0.2, 0.25) is 0 Å². The van der Waals surface area contributed by atoms with Crippen molar-refractivity contribution < 1.29 is 19.8 Å². The van der Waals surface area contributed by atoms with Crippen LogP contribution in [0.3, 0.4) is 0 Å². The minimum Gasteiger partial charge on any atom is -0.481 e. The third-order valence-electron chi connectivity index (χ3n) is 7.02. The van der Waals surface area contributed by atoms with Crippen LogP contribution >= 0.6 is 0 Å². The molecule has 0 aromatic carbocycles. The van der Waals surface area contributed by atoms with Gasteiger partial charge in [-0.1, -0.05) is 117 Å². The van der Waals surface area contributed by atoms with Gasteiger partial charge in [-0.05, 0) is 31.6 Å².